The van der Waals surface area contributed by atoms with E-state index >= 15 is 0 Å². The van der Waals surface area contributed by atoms with Gasteiger partial charge in [-0.3, -0.25) is 4.79 Å². The number of nitrogen functional groups attached to an aromatic ring is 1. The Labute approximate surface area is 98.1 Å². The Hall–Kier alpha value is -2.08. The summed E-state index contributed by atoms with van der Waals surface area (Å²) < 4.78 is 0. The van der Waals surface area contributed by atoms with Crippen molar-refractivity contribution in [1.29, 1.82) is 0 Å². The summed E-state index contributed by atoms with van der Waals surface area (Å²) in [7, 11) is 0. The van der Waals surface area contributed by atoms with Crippen LogP contribution < -0.4 is 11.1 Å². The van der Waals surface area contributed by atoms with Crippen molar-refractivity contribution in [1.82, 2.24) is 5.32 Å². The second-order valence-electron chi connectivity index (χ2n) is 3.49. The Bertz CT molecular complexity index is 420. The van der Waals surface area contributed by atoms with Crippen LogP contribution in [0.4, 0.5) is 5.69 Å². The van der Waals surface area contributed by atoms with Crippen LogP contribution in [0.3, 0.4) is 0 Å². The quantitative estimate of drug-likeness (QED) is 0.532. The Kier molecular flexibility index (Phi) is 4.47. The summed E-state index contributed by atoms with van der Waals surface area (Å²) in [6.45, 7) is 0.0701. The summed E-state index contributed by atoms with van der Waals surface area (Å²) in [4.78, 5) is 21.9. The molecule has 17 heavy (non-hydrogen) atoms. The molecule has 1 unspecified atom stereocenters. The Balaban J connectivity index is 2.46. The Morgan fingerprint density at radius 2 is 2.00 bits per heavy atom. The van der Waals surface area contributed by atoms with E-state index in [1.807, 2.05) is 0 Å². The molecule has 0 fully saturated rings. The molecule has 6 nitrogen and oxygen atoms in total. The highest BCUT2D eigenvalue weighted by atomic mass is 16.4. The molecule has 0 aliphatic rings. The van der Waals surface area contributed by atoms with Crippen molar-refractivity contribution in [3.05, 3.63) is 29.8 Å². The van der Waals surface area contributed by atoms with E-state index in [0.717, 1.165) is 0 Å². The molecular formula is C11H14N2O4. The highest BCUT2D eigenvalue weighted by Gasteiger charge is 2.14. The fourth-order valence-corrected chi connectivity index (χ4v) is 1.24. The van der Waals surface area contributed by atoms with Crippen LogP contribution in [-0.4, -0.2) is 34.7 Å². The summed E-state index contributed by atoms with van der Waals surface area (Å²) in [5.41, 5.74) is 6.28. The average Bonchev–Trinajstić information content (AvgIpc) is 2.29. The first-order valence-corrected chi connectivity index (χ1v) is 5.06. The number of hydrogen-bond donors (Lipinski definition) is 4. The molecular weight excluding hydrogens is 224 g/mol. The van der Waals surface area contributed by atoms with E-state index in [1.54, 1.807) is 24.3 Å². The van der Waals surface area contributed by atoms with E-state index in [0.29, 0.717) is 11.3 Å². The molecule has 1 aromatic rings. The number of amides is 1. The molecule has 0 heterocycles. The van der Waals surface area contributed by atoms with E-state index in [2.05, 4.69) is 5.32 Å². The van der Waals surface area contributed by atoms with Crippen LogP contribution >= 0.6 is 0 Å². The van der Waals surface area contributed by atoms with Crippen LogP contribution in [0.1, 0.15) is 16.8 Å². The smallest absolute Gasteiger partial charge is 0.332 e. The summed E-state index contributed by atoms with van der Waals surface area (Å²) >= 11 is 0. The topological polar surface area (TPSA) is 113 Å². The molecule has 0 saturated carbocycles. The van der Waals surface area contributed by atoms with Crippen molar-refractivity contribution in [2.45, 2.75) is 12.5 Å². The Morgan fingerprint density at radius 1 is 1.35 bits per heavy atom. The van der Waals surface area contributed by atoms with E-state index in [9.17, 15) is 9.59 Å². The zero-order valence-corrected chi connectivity index (χ0v) is 9.09. The summed E-state index contributed by atoms with van der Waals surface area (Å²) in [6.07, 6.45) is -1.52. The molecule has 0 spiro atoms. The monoisotopic (exact) mass is 238 g/mol. The first-order chi connectivity index (χ1) is 8.02. The maximum absolute atomic E-state index is 11.6. The largest absolute Gasteiger partial charge is 0.479 e. The third kappa shape index (κ3) is 3.76. The lowest BCUT2D eigenvalue weighted by molar-refractivity contribution is -0.146. The number of hydrogen-bond acceptors (Lipinski definition) is 4. The number of benzene rings is 1. The molecule has 1 atom stereocenters. The minimum atomic E-state index is -1.47. The maximum Gasteiger partial charge on any atom is 0.332 e. The van der Waals surface area contributed by atoms with Crippen LogP contribution in [0.5, 0.6) is 0 Å². The van der Waals surface area contributed by atoms with Crippen molar-refractivity contribution < 1.29 is 19.8 Å². The number of rotatable bonds is 5. The number of nitrogens with two attached hydrogens (primary N) is 1. The number of aliphatic hydroxyl groups is 1. The fourth-order valence-electron chi connectivity index (χ4n) is 1.24. The molecule has 1 amide bonds. The summed E-state index contributed by atoms with van der Waals surface area (Å²) in [6, 6.07) is 6.55. The van der Waals surface area contributed by atoms with Crippen molar-refractivity contribution in [3.8, 4) is 0 Å². The third-order valence-electron chi connectivity index (χ3n) is 2.19. The predicted molar refractivity (Wildman–Crippen MR) is 61.4 cm³/mol. The molecule has 0 bridgehead atoms. The lowest BCUT2D eigenvalue weighted by atomic mass is 10.1. The normalized spacial score (nSPS) is 11.8. The van der Waals surface area contributed by atoms with Gasteiger partial charge in [0.15, 0.2) is 6.10 Å². The van der Waals surface area contributed by atoms with Crippen LogP contribution in [0.2, 0.25) is 0 Å². The van der Waals surface area contributed by atoms with Gasteiger partial charge in [-0.05, 0) is 12.1 Å². The molecule has 0 radical (unpaired) electrons. The van der Waals surface area contributed by atoms with Gasteiger partial charge in [-0.1, -0.05) is 12.1 Å². The second-order valence-corrected chi connectivity index (χ2v) is 3.49. The molecule has 0 aliphatic carbocycles. The first kappa shape index (κ1) is 13.0. The molecule has 0 aliphatic heterocycles. The van der Waals surface area contributed by atoms with Crippen molar-refractivity contribution in [2.75, 3.05) is 12.3 Å². The molecule has 0 aromatic heterocycles. The predicted octanol–water partition coefficient (Wildman–Crippen LogP) is -0.166. The van der Waals surface area contributed by atoms with Crippen molar-refractivity contribution >= 4 is 17.6 Å². The van der Waals surface area contributed by atoms with E-state index < -0.39 is 12.1 Å². The third-order valence-corrected chi connectivity index (χ3v) is 2.19. The zero-order chi connectivity index (χ0) is 12.8. The number of aliphatic carboxylic acids is 1. The molecule has 1 aromatic carbocycles. The van der Waals surface area contributed by atoms with Crippen molar-refractivity contribution in [2.24, 2.45) is 0 Å². The SMILES string of the molecule is Nc1ccccc1C(=O)NCCC(O)C(=O)O. The molecule has 5 N–H and O–H groups in total. The zero-order valence-electron chi connectivity index (χ0n) is 9.09. The first-order valence-electron chi connectivity index (χ1n) is 5.06. The minimum Gasteiger partial charge on any atom is -0.479 e. The van der Waals surface area contributed by atoms with Crippen LogP contribution in [-0.2, 0) is 4.79 Å². The van der Waals surface area contributed by atoms with Gasteiger partial charge in [-0.2, -0.15) is 0 Å². The minimum absolute atomic E-state index is 0.0478. The standard InChI is InChI=1S/C11H14N2O4/c12-8-4-2-1-3-7(8)10(15)13-6-5-9(14)11(16)17/h1-4,9,14H,5-6,12H2,(H,13,15)(H,16,17). The number of nitrogens with one attached hydrogen (secondary N) is 1. The van der Waals surface area contributed by atoms with Crippen molar-refractivity contribution in [3.63, 3.8) is 0 Å². The number of para-hydroxylation sites is 1. The number of carbonyl (C=O) groups is 2. The number of carboxylic acids is 1. The van der Waals surface area contributed by atoms with Gasteiger partial charge in [0.05, 0.1) is 5.56 Å². The second kappa shape index (κ2) is 5.86. The summed E-state index contributed by atoms with van der Waals surface area (Å²) in [5.74, 6) is -1.70. The van der Waals surface area contributed by atoms with E-state index in [4.69, 9.17) is 15.9 Å². The molecule has 1 rings (SSSR count). The van der Waals surface area contributed by atoms with E-state index in [-0.39, 0.29) is 18.9 Å². The van der Waals surface area contributed by atoms with E-state index in [1.165, 1.54) is 0 Å². The van der Waals surface area contributed by atoms with Crippen LogP contribution in [0, 0.1) is 0 Å². The lowest BCUT2D eigenvalue weighted by Gasteiger charge is -2.08. The van der Waals surface area contributed by atoms with Gasteiger partial charge in [-0.25, -0.2) is 4.79 Å². The Morgan fingerprint density at radius 3 is 2.59 bits per heavy atom. The van der Waals surface area contributed by atoms with Crippen LogP contribution in [0.15, 0.2) is 24.3 Å². The highest BCUT2D eigenvalue weighted by Crippen LogP contribution is 2.09. The number of carbonyl (C=O) groups excluding carboxylic acids is 1. The average molecular weight is 238 g/mol. The maximum atomic E-state index is 11.6. The molecule has 6 heteroatoms. The van der Waals surface area contributed by atoms with Gasteiger partial charge in [-0.15, -0.1) is 0 Å². The van der Waals surface area contributed by atoms with Gasteiger partial charge in [0.2, 0.25) is 0 Å². The lowest BCUT2D eigenvalue weighted by Crippen LogP contribution is -2.30. The number of aliphatic hydroxyl groups excluding tert-OH is 1. The number of carboxylic acid groups (broad SMARTS) is 1. The van der Waals surface area contributed by atoms with Gasteiger partial charge >= 0.3 is 5.97 Å². The van der Waals surface area contributed by atoms with Gasteiger partial charge in [0.1, 0.15) is 0 Å². The van der Waals surface area contributed by atoms with Gasteiger partial charge in [0.25, 0.3) is 5.91 Å². The molecule has 0 saturated heterocycles. The van der Waals surface area contributed by atoms with Gasteiger partial charge < -0.3 is 21.3 Å². The number of anilines is 1. The van der Waals surface area contributed by atoms with Crippen LogP contribution in [0.25, 0.3) is 0 Å². The molecule has 92 valence electrons. The highest BCUT2D eigenvalue weighted by molar-refractivity contribution is 5.99. The fraction of sp³-hybridized carbons (Fsp3) is 0.273. The van der Waals surface area contributed by atoms with Gasteiger partial charge in [0, 0.05) is 18.7 Å². The summed E-state index contributed by atoms with van der Waals surface area (Å²) in [5, 5.41) is 19.9.